The van der Waals surface area contributed by atoms with Crippen molar-refractivity contribution >= 4 is 16.3 Å². The van der Waals surface area contributed by atoms with E-state index in [4.69, 9.17) is 0 Å². The van der Waals surface area contributed by atoms with Crippen molar-refractivity contribution in [3.05, 3.63) is 23.5 Å². The topological polar surface area (TPSA) is 49.6 Å². The molecule has 2 heterocycles. The maximum Gasteiger partial charge on any atom is 0.193 e. The highest BCUT2D eigenvalue weighted by Gasteiger charge is 2.33. The first-order valence-electron chi connectivity index (χ1n) is 6.49. The van der Waals surface area contributed by atoms with Gasteiger partial charge in [-0.15, -0.1) is 11.3 Å². The van der Waals surface area contributed by atoms with Crippen LogP contribution < -0.4 is 5.32 Å². The summed E-state index contributed by atoms with van der Waals surface area (Å²) in [6.07, 6.45) is 8.56. The molecule has 0 aliphatic heterocycles. The summed E-state index contributed by atoms with van der Waals surface area (Å²) in [5, 5.41) is 15.9. The summed E-state index contributed by atoms with van der Waals surface area (Å²) in [6, 6.07) is 0.566. The minimum Gasteiger partial charge on any atom is -0.389 e. The van der Waals surface area contributed by atoms with Gasteiger partial charge in [0.15, 0.2) is 4.96 Å². The average Bonchev–Trinajstić information content (AvgIpc) is 2.90. The molecule has 5 heteroatoms. The van der Waals surface area contributed by atoms with Gasteiger partial charge in [-0.2, -0.15) is 0 Å². The van der Waals surface area contributed by atoms with Crippen molar-refractivity contribution in [1.82, 2.24) is 14.7 Å². The summed E-state index contributed by atoms with van der Waals surface area (Å²) in [6.45, 7) is 0. The number of hydrogen-bond donors (Lipinski definition) is 2. The molecule has 3 rings (SSSR count). The van der Waals surface area contributed by atoms with Crippen LogP contribution in [0.1, 0.15) is 31.4 Å². The van der Waals surface area contributed by atoms with Crippen LogP contribution in [0.2, 0.25) is 0 Å². The summed E-state index contributed by atoms with van der Waals surface area (Å²) in [5.74, 6) is 0. The molecule has 1 aliphatic carbocycles. The highest BCUT2D eigenvalue weighted by atomic mass is 32.1. The lowest BCUT2D eigenvalue weighted by Gasteiger charge is -2.35. The lowest BCUT2D eigenvalue weighted by atomic mass is 9.79. The summed E-state index contributed by atoms with van der Waals surface area (Å²) < 4.78 is 2.03. The normalized spacial score (nSPS) is 28.9. The summed E-state index contributed by atoms with van der Waals surface area (Å²) in [4.78, 5) is 5.57. The smallest absolute Gasteiger partial charge is 0.193 e. The Hall–Kier alpha value is -0.910. The molecule has 98 valence electrons. The minimum absolute atomic E-state index is 0.558. The molecule has 2 aromatic rings. The molecule has 0 unspecified atom stereocenters. The molecule has 0 atom stereocenters. The minimum atomic E-state index is -0.558. The standard InChI is InChI=1S/C13H19N3OS/c1-14-10-2-4-13(17,5-3-10)8-11-9-16-6-7-18-12(16)15-11/h6-7,9-10,14,17H,2-5,8H2,1H3. The SMILES string of the molecule is CNC1CCC(O)(Cc2cn3ccsc3n2)CC1. The summed E-state index contributed by atoms with van der Waals surface area (Å²) in [7, 11) is 2.00. The third kappa shape index (κ3) is 2.30. The molecular weight excluding hydrogens is 246 g/mol. The van der Waals surface area contributed by atoms with Gasteiger partial charge in [0.25, 0.3) is 0 Å². The molecule has 0 spiro atoms. The summed E-state index contributed by atoms with van der Waals surface area (Å²) in [5.41, 5.74) is 0.449. The largest absolute Gasteiger partial charge is 0.389 e. The Labute approximate surface area is 111 Å². The van der Waals surface area contributed by atoms with Gasteiger partial charge >= 0.3 is 0 Å². The van der Waals surface area contributed by atoms with E-state index in [0.29, 0.717) is 12.5 Å². The quantitative estimate of drug-likeness (QED) is 0.890. The van der Waals surface area contributed by atoms with Crippen LogP contribution in [-0.4, -0.2) is 33.2 Å². The molecule has 0 amide bonds. The van der Waals surface area contributed by atoms with Gasteiger partial charge in [-0.1, -0.05) is 0 Å². The van der Waals surface area contributed by atoms with E-state index in [-0.39, 0.29) is 0 Å². The number of fused-ring (bicyclic) bond motifs is 1. The van der Waals surface area contributed by atoms with Crippen molar-refractivity contribution in [2.75, 3.05) is 7.05 Å². The Kier molecular flexibility index (Phi) is 3.13. The Morgan fingerprint density at radius 2 is 2.33 bits per heavy atom. The van der Waals surface area contributed by atoms with E-state index in [1.807, 2.05) is 29.2 Å². The maximum atomic E-state index is 10.6. The number of rotatable bonds is 3. The number of imidazole rings is 1. The Bertz CT molecular complexity index is 497. The molecule has 4 nitrogen and oxygen atoms in total. The highest BCUT2D eigenvalue weighted by Crippen LogP contribution is 2.31. The number of nitrogens with zero attached hydrogens (tertiary/aromatic N) is 2. The van der Waals surface area contributed by atoms with E-state index in [9.17, 15) is 5.11 Å². The molecule has 1 saturated carbocycles. The van der Waals surface area contributed by atoms with E-state index in [0.717, 1.165) is 36.3 Å². The van der Waals surface area contributed by atoms with Crippen molar-refractivity contribution < 1.29 is 5.11 Å². The third-order valence-electron chi connectivity index (χ3n) is 3.98. The number of nitrogens with one attached hydrogen (secondary N) is 1. The number of hydrogen-bond acceptors (Lipinski definition) is 4. The second-order valence-electron chi connectivity index (χ2n) is 5.29. The van der Waals surface area contributed by atoms with E-state index >= 15 is 0 Å². The summed E-state index contributed by atoms with van der Waals surface area (Å²) >= 11 is 1.63. The van der Waals surface area contributed by atoms with Crippen LogP contribution in [0.4, 0.5) is 0 Å². The van der Waals surface area contributed by atoms with E-state index in [2.05, 4.69) is 10.3 Å². The zero-order chi connectivity index (χ0) is 12.6. The van der Waals surface area contributed by atoms with Gasteiger partial charge in [0.1, 0.15) is 0 Å². The van der Waals surface area contributed by atoms with E-state index in [1.54, 1.807) is 11.3 Å². The van der Waals surface area contributed by atoms with Crippen molar-refractivity contribution in [3.63, 3.8) is 0 Å². The molecule has 2 N–H and O–H groups in total. The Balaban J connectivity index is 1.70. The number of thiazole rings is 1. The van der Waals surface area contributed by atoms with Gasteiger partial charge < -0.3 is 10.4 Å². The fourth-order valence-corrected chi connectivity index (χ4v) is 3.54. The van der Waals surface area contributed by atoms with Gasteiger partial charge in [0.2, 0.25) is 0 Å². The fourth-order valence-electron chi connectivity index (χ4n) is 2.82. The second kappa shape index (κ2) is 4.64. The monoisotopic (exact) mass is 265 g/mol. The lowest BCUT2D eigenvalue weighted by Crippen LogP contribution is -2.41. The first-order chi connectivity index (χ1) is 8.68. The molecule has 1 fully saturated rings. The molecule has 2 aromatic heterocycles. The second-order valence-corrected chi connectivity index (χ2v) is 6.16. The Morgan fingerprint density at radius 3 is 3.00 bits per heavy atom. The zero-order valence-electron chi connectivity index (χ0n) is 10.6. The van der Waals surface area contributed by atoms with Crippen molar-refractivity contribution in [2.45, 2.75) is 43.7 Å². The number of aliphatic hydroxyl groups is 1. The van der Waals surface area contributed by atoms with Crippen LogP contribution in [-0.2, 0) is 6.42 Å². The predicted octanol–water partition coefficient (Wildman–Crippen LogP) is 1.83. The molecule has 1 aliphatic rings. The average molecular weight is 265 g/mol. The van der Waals surface area contributed by atoms with E-state index < -0.39 is 5.60 Å². The van der Waals surface area contributed by atoms with Gasteiger partial charge in [-0.25, -0.2) is 4.98 Å². The van der Waals surface area contributed by atoms with Crippen LogP contribution in [0, 0.1) is 0 Å². The van der Waals surface area contributed by atoms with Gasteiger partial charge in [0, 0.05) is 30.2 Å². The van der Waals surface area contributed by atoms with Crippen molar-refractivity contribution in [2.24, 2.45) is 0 Å². The first kappa shape index (κ1) is 12.1. The van der Waals surface area contributed by atoms with E-state index in [1.165, 1.54) is 0 Å². The van der Waals surface area contributed by atoms with Crippen LogP contribution in [0.3, 0.4) is 0 Å². The molecular formula is C13H19N3OS. The lowest BCUT2D eigenvalue weighted by molar-refractivity contribution is -0.00311. The zero-order valence-corrected chi connectivity index (χ0v) is 11.4. The Morgan fingerprint density at radius 1 is 1.56 bits per heavy atom. The number of aromatic nitrogens is 2. The van der Waals surface area contributed by atoms with Gasteiger partial charge in [-0.3, -0.25) is 4.40 Å². The molecule has 0 aromatic carbocycles. The van der Waals surface area contributed by atoms with Crippen molar-refractivity contribution in [1.29, 1.82) is 0 Å². The first-order valence-corrected chi connectivity index (χ1v) is 7.37. The van der Waals surface area contributed by atoms with Crippen LogP contribution in [0.25, 0.3) is 4.96 Å². The fraction of sp³-hybridized carbons (Fsp3) is 0.615. The molecule has 0 bridgehead atoms. The van der Waals surface area contributed by atoms with Crippen molar-refractivity contribution in [3.8, 4) is 0 Å². The third-order valence-corrected chi connectivity index (χ3v) is 4.75. The molecule has 18 heavy (non-hydrogen) atoms. The maximum absolute atomic E-state index is 10.6. The van der Waals surface area contributed by atoms with Crippen LogP contribution in [0.5, 0.6) is 0 Å². The van der Waals surface area contributed by atoms with Crippen LogP contribution >= 0.6 is 11.3 Å². The molecule has 0 saturated heterocycles. The van der Waals surface area contributed by atoms with Gasteiger partial charge in [-0.05, 0) is 32.7 Å². The molecule has 0 radical (unpaired) electrons. The van der Waals surface area contributed by atoms with Crippen LogP contribution in [0.15, 0.2) is 17.8 Å². The predicted molar refractivity (Wildman–Crippen MR) is 73.0 cm³/mol. The van der Waals surface area contributed by atoms with Gasteiger partial charge in [0.05, 0.1) is 11.3 Å². The highest BCUT2D eigenvalue weighted by molar-refractivity contribution is 7.15.